The van der Waals surface area contributed by atoms with Gasteiger partial charge < -0.3 is 24.3 Å². The summed E-state index contributed by atoms with van der Waals surface area (Å²) in [5.41, 5.74) is 1.61. The van der Waals surface area contributed by atoms with Crippen LogP contribution in [0.5, 0.6) is 17.2 Å². The van der Waals surface area contributed by atoms with Crippen molar-refractivity contribution < 1.29 is 28.5 Å². The smallest absolute Gasteiger partial charge is 0.331 e. The van der Waals surface area contributed by atoms with Crippen LogP contribution in [0, 0.1) is 0 Å². The van der Waals surface area contributed by atoms with Crippen LogP contribution in [0.1, 0.15) is 25.0 Å². The van der Waals surface area contributed by atoms with Crippen LogP contribution in [-0.4, -0.2) is 31.4 Å². The second-order valence-corrected chi connectivity index (χ2v) is 6.29. The predicted octanol–water partition coefficient (Wildman–Crippen LogP) is 3.08. The number of hydrogen-bond donors (Lipinski definition) is 1. The summed E-state index contributed by atoms with van der Waals surface area (Å²) in [5.74, 6) is 1.00. The molecule has 0 fully saturated rings. The zero-order valence-electron chi connectivity index (χ0n) is 16.3. The Bertz CT molecular complexity index is 908. The Morgan fingerprint density at radius 1 is 1.17 bits per heavy atom. The first-order chi connectivity index (χ1) is 14.1. The average molecular weight is 397 g/mol. The van der Waals surface area contributed by atoms with Gasteiger partial charge in [-0.15, -0.1) is 0 Å². The van der Waals surface area contributed by atoms with Gasteiger partial charge in [0.2, 0.25) is 6.79 Å². The van der Waals surface area contributed by atoms with Gasteiger partial charge in [-0.05, 0) is 43.7 Å². The number of para-hydroxylation sites is 1. The molecule has 7 heteroatoms. The average Bonchev–Trinajstić information content (AvgIpc) is 3.19. The highest BCUT2D eigenvalue weighted by Gasteiger charge is 2.17. The first kappa shape index (κ1) is 20.3. The molecule has 0 aliphatic carbocycles. The highest BCUT2D eigenvalue weighted by atomic mass is 16.7. The van der Waals surface area contributed by atoms with E-state index in [9.17, 15) is 9.59 Å². The van der Waals surface area contributed by atoms with Gasteiger partial charge in [0.1, 0.15) is 5.75 Å². The SMILES string of the molecule is CCOc1ccccc1/C=C/C(=O)OC(C)C(=O)NCc1ccc2c(c1)OCO2. The first-order valence-corrected chi connectivity index (χ1v) is 9.33. The number of nitrogens with one attached hydrogen (secondary N) is 1. The molecule has 0 saturated carbocycles. The van der Waals surface area contributed by atoms with E-state index in [1.807, 2.05) is 37.3 Å². The summed E-state index contributed by atoms with van der Waals surface area (Å²) in [6.45, 7) is 4.42. The Hall–Kier alpha value is -3.48. The van der Waals surface area contributed by atoms with Crippen molar-refractivity contribution in [2.75, 3.05) is 13.4 Å². The van der Waals surface area contributed by atoms with Crippen molar-refractivity contribution in [2.24, 2.45) is 0 Å². The molecule has 0 aromatic heterocycles. The minimum absolute atomic E-state index is 0.195. The molecule has 1 aliphatic rings. The van der Waals surface area contributed by atoms with E-state index in [2.05, 4.69) is 5.32 Å². The van der Waals surface area contributed by atoms with Crippen molar-refractivity contribution in [2.45, 2.75) is 26.5 Å². The van der Waals surface area contributed by atoms with Crippen molar-refractivity contribution >= 4 is 18.0 Å². The van der Waals surface area contributed by atoms with Crippen LogP contribution < -0.4 is 19.5 Å². The normalized spacial score (nSPS) is 13.2. The summed E-state index contributed by atoms with van der Waals surface area (Å²) in [5, 5.41) is 2.74. The van der Waals surface area contributed by atoms with E-state index in [1.165, 1.54) is 13.0 Å². The number of esters is 1. The molecule has 1 unspecified atom stereocenters. The van der Waals surface area contributed by atoms with Crippen molar-refractivity contribution in [3.05, 3.63) is 59.7 Å². The molecule has 29 heavy (non-hydrogen) atoms. The van der Waals surface area contributed by atoms with E-state index in [0.717, 1.165) is 11.1 Å². The third-order valence-corrected chi connectivity index (χ3v) is 4.18. The van der Waals surface area contributed by atoms with Crippen LogP contribution in [0.25, 0.3) is 6.08 Å². The van der Waals surface area contributed by atoms with Gasteiger partial charge in [-0.1, -0.05) is 24.3 Å². The third-order valence-electron chi connectivity index (χ3n) is 4.18. The number of carbonyl (C=O) groups is 2. The van der Waals surface area contributed by atoms with E-state index in [1.54, 1.807) is 18.2 Å². The molecular weight excluding hydrogens is 374 g/mol. The van der Waals surface area contributed by atoms with Gasteiger partial charge >= 0.3 is 5.97 Å². The van der Waals surface area contributed by atoms with Crippen LogP contribution in [0.4, 0.5) is 0 Å². The number of benzene rings is 2. The maximum atomic E-state index is 12.2. The molecule has 2 aromatic rings. The van der Waals surface area contributed by atoms with Crippen LogP contribution in [0.3, 0.4) is 0 Å². The van der Waals surface area contributed by atoms with Crippen molar-refractivity contribution in [3.8, 4) is 17.2 Å². The van der Waals surface area contributed by atoms with Crippen LogP contribution in [0.2, 0.25) is 0 Å². The fourth-order valence-corrected chi connectivity index (χ4v) is 2.71. The van der Waals surface area contributed by atoms with Crippen LogP contribution in [-0.2, 0) is 20.9 Å². The second kappa shape index (κ2) is 9.64. The Balaban J connectivity index is 1.49. The molecule has 1 aliphatic heterocycles. The quantitative estimate of drug-likeness (QED) is 0.545. The maximum absolute atomic E-state index is 12.2. The van der Waals surface area contributed by atoms with Gasteiger partial charge in [0.15, 0.2) is 17.6 Å². The van der Waals surface area contributed by atoms with Crippen molar-refractivity contribution in [1.29, 1.82) is 0 Å². The van der Waals surface area contributed by atoms with E-state index < -0.39 is 12.1 Å². The zero-order valence-corrected chi connectivity index (χ0v) is 16.3. The summed E-state index contributed by atoms with van der Waals surface area (Å²) in [6, 6.07) is 12.8. The number of ether oxygens (including phenoxy) is 4. The van der Waals surface area contributed by atoms with Gasteiger partial charge in [0.25, 0.3) is 5.91 Å². The van der Waals surface area contributed by atoms with Gasteiger partial charge in [0.05, 0.1) is 6.61 Å². The molecule has 0 bridgehead atoms. The van der Waals surface area contributed by atoms with E-state index in [4.69, 9.17) is 18.9 Å². The molecule has 152 valence electrons. The molecule has 3 rings (SSSR count). The van der Waals surface area contributed by atoms with Crippen LogP contribution >= 0.6 is 0 Å². The molecule has 0 saturated heterocycles. The van der Waals surface area contributed by atoms with Gasteiger partial charge in [0, 0.05) is 18.2 Å². The highest BCUT2D eigenvalue weighted by molar-refractivity contribution is 5.90. The predicted molar refractivity (Wildman–Crippen MR) is 107 cm³/mol. The lowest BCUT2D eigenvalue weighted by Crippen LogP contribution is -2.35. The first-order valence-electron chi connectivity index (χ1n) is 9.33. The van der Waals surface area contributed by atoms with Crippen molar-refractivity contribution in [1.82, 2.24) is 5.32 Å². The lowest BCUT2D eigenvalue weighted by atomic mass is 10.2. The standard InChI is InChI=1S/C22H23NO6/c1-3-26-18-7-5-4-6-17(18)9-11-21(24)29-15(2)22(25)23-13-16-8-10-19-20(12-16)28-14-27-19/h4-12,15H,3,13-14H2,1-2H3,(H,23,25)/b11-9+. The third kappa shape index (κ3) is 5.51. The fraction of sp³-hybridized carbons (Fsp3) is 0.273. The molecule has 1 heterocycles. The highest BCUT2D eigenvalue weighted by Crippen LogP contribution is 2.32. The number of fused-ring (bicyclic) bond motifs is 1. The summed E-state index contributed by atoms with van der Waals surface area (Å²) >= 11 is 0. The minimum Gasteiger partial charge on any atom is -0.493 e. The molecule has 7 nitrogen and oxygen atoms in total. The summed E-state index contributed by atoms with van der Waals surface area (Å²) in [4.78, 5) is 24.3. The maximum Gasteiger partial charge on any atom is 0.331 e. The lowest BCUT2D eigenvalue weighted by molar-refractivity contribution is -0.150. The summed E-state index contributed by atoms with van der Waals surface area (Å²) in [6.07, 6.45) is 1.95. The van der Waals surface area contributed by atoms with E-state index in [0.29, 0.717) is 23.9 Å². The number of amides is 1. The molecule has 0 spiro atoms. The molecule has 2 aromatic carbocycles. The Labute approximate surface area is 169 Å². The number of carbonyl (C=O) groups excluding carboxylic acids is 2. The summed E-state index contributed by atoms with van der Waals surface area (Å²) < 4.78 is 21.2. The van der Waals surface area contributed by atoms with Gasteiger partial charge in [-0.25, -0.2) is 4.79 Å². The monoisotopic (exact) mass is 397 g/mol. The van der Waals surface area contributed by atoms with Crippen molar-refractivity contribution in [3.63, 3.8) is 0 Å². The van der Waals surface area contributed by atoms with E-state index >= 15 is 0 Å². The number of rotatable bonds is 8. The lowest BCUT2D eigenvalue weighted by Gasteiger charge is -2.12. The molecule has 1 atom stereocenters. The van der Waals surface area contributed by atoms with Crippen LogP contribution in [0.15, 0.2) is 48.5 Å². The summed E-state index contributed by atoms with van der Waals surface area (Å²) in [7, 11) is 0. The molecule has 1 amide bonds. The largest absolute Gasteiger partial charge is 0.493 e. The second-order valence-electron chi connectivity index (χ2n) is 6.29. The molecule has 0 radical (unpaired) electrons. The van der Waals surface area contributed by atoms with Gasteiger partial charge in [-0.2, -0.15) is 0 Å². The Kier molecular flexibility index (Phi) is 6.73. The topological polar surface area (TPSA) is 83.1 Å². The fourth-order valence-electron chi connectivity index (χ4n) is 2.71. The molecular formula is C22H23NO6. The Morgan fingerprint density at radius 3 is 2.79 bits per heavy atom. The molecule has 1 N–H and O–H groups in total. The van der Waals surface area contributed by atoms with Gasteiger partial charge in [-0.3, -0.25) is 4.79 Å². The number of hydrogen-bond acceptors (Lipinski definition) is 6. The van der Waals surface area contributed by atoms with E-state index in [-0.39, 0.29) is 19.2 Å². The zero-order chi connectivity index (χ0) is 20.6. The minimum atomic E-state index is -0.928. The Morgan fingerprint density at radius 2 is 1.97 bits per heavy atom.